The third-order valence-corrected chi connectivity index (χ3v) is 1.35. The second kappa shape index (κ2) is 10.2. The molecule has 0 heterocycles. The van der Waals surface area contributed by atoms with Crippen LogP contribution in [0.25, 0.3) is 0 Å². The van der Waals surface area contributed by atoms with Gasteiger partial charge in [0.2, 0.25) is 0 Å². The van der Waals surface area contributed by atoms with Gasteiger partial charge in [-0.1, -0.05) is 6.58 Å². The molecule has 0 aliphatic rings. The summed E-state index contributed by atoms with van der Waals surface area (Å²) in [5.41, 5.74) is 0. The Balaban J connectivity index is 0. The van der Waals surface area contributed by atoms with Gasteiger partial charge in [0.25, 0.3) is 5.97 Å². The lowest BCUT2D eigenvalue weighted by Crippen LogP contribution is -1.96. The molecule has 4 nitrogen and oxygen atoms in total. The van der Waals surface area contributed by atoms with E-state index in [9.17, 15) is 9.59 Å². The lowest BCUT2D eigenvalue weighted by atomic mass is 10.8. The Morgan fingerprint density at radius 2 is 1.92 bits per heavy atom. The van der Waals surface area contributed by atoms with Crippen LogP contribution in [0.3, 0.4) is 0 Å². The van der Waals surface area contributed by atoms with Crippen molar-refractivity contribution in [2.24, 2.45) is 0 Å². The van der Waals surface area contributed by atoms with E-state index in [1.165, 1.54) is 13.8 Å². The number of carbonyl (C=O) groups is 2. The molecule has 0 saturated carbocycles. The van der Waals surface area contributed by atoms with E-state index in [1.54, 1.807) is 0 Å². The largest absolute Gasteiger partial charge is 0.510 e. The zero-order chi connectivity index (χ0) is 9.98. The van der Waals surface area contributed by atoms with E-state index >= 15 is 0 Å². The summed E-state index contributed by atoms with van der Waals surface area (Å²) in [5.74, 6) is -0.610. The highest BCUT2D eigenvalue weighted by Crippen LogP contribution is 1.73. The Morgan fingerprint density at radius 1 is 1.42 bits per heavy atom. The zero-order valence-electron chi connectivity index (χ0n) is 7.00. The normalized spacial score (nSPS) is 8.25. The molecule has 0 N–H and O–H groups in total. The topological polar surface area (TPSA) is 52.6 Å². The van der Waals surface area contributed by atoms with E-state index in [0.717, 1.165) is 6.26 Å². The highest BCUT2D eigenvalue weighted by molar-refractivity contribution is 6.90. The van der Waals surface area contributed by atoms with Crippen LogP contribution < -0.4 is 0 Å². The molecular weight excluding hydrogens is 200 g/mol. The molecule has 0 unspecified atom stereocenters. The molecule has 0 fully saturated rings. The number of hydrogen-bond acceptors (Lipinski definition) is 4. The van der Waals surface area contributed by atoms with Crippen molar-refractivity contribution in [1.82, 2.24) is 0 Å². The molecule has 0 bridgehead atoms. The van der Waals surface area contributed by atoms with Gasteiger partial charge in [-0.05, 0) is 0 Å². The minimum Gasteiger partial charge on any atom is -0.510 e. The molecule has 0 aromatic carbocycles. The third kappa shape index (κ3) is 22.9. The summed E-state index contributed by atoms with van der Waals surface area (Å²) in [5, 5.41) is 0. The first kappa shape index (κ1) is 13.8. The van der Waals surface area contributed by atoms with Crippen LogP contribution in [0.2, 0.25) is 0 Å². The number of halogens is 1. The van der Waals surface area contributed by atoms with E-state index in [0.29, 0.717) is 0 Å². The van der Waals surface area contributed by atoms with Crippen LogP contribution in [0.1, 0.15) is 13.8 Å². The standard InChI is InChI=1S/C4H6O2.C2H5ClO2Si/c1-3-6-4(2)5;1-2(4)5-6-3/h3H,1H2,2H3;6H2,1H3. The van der Waals surface area contributed by atoms with Crippen LogP contribution in [0.4, 0.5) is 0 Å². The van der Waals surface area contributed by atoms with Gasteiger partial charge in [0.15, 0.2) is 0 Å². The maximum Gasteiger partial charge on any atom is 0.320 e. The molecule has 0 aliphatic carbocycles. The van der Waals surface area contributed by atoms with Crippen molar-refractivity contribution in [1.29, 1.82) is 0 Å². The van der Waals surface area contributed by atoms with Crippen LogP contribution >= 0.6 is 11.1 Å². The summed E-state index contributed by atoms with van der Waals surface area (Å²) in [6.45, 7) is 5.82. The van der Waals surface area contributed by atoms with E-state index in [2.05, 4.69) is 15.7 Å². The quantitative estimate of drug-likeness (QED) is 0.288. The van der Waals surface area contributed by atoms with Gasteiger partial charge in [-0.3, -0.25) is 9.59 Å². The van der Waals surface area contributed by atoms with Crippen molar-refractivity contribution in [2.45, 2.75) is 13.8 Å². The summed E-state index contributed by atoms with van der Waals surface area (Å²) in [6, 6.07) is 0. The second-order valence-corrected chi connectivity index (χ2v) is 2.68. The predicted octanol–water partition coefficient (Wildman–Crippen LogP) is 0.480. The Morgan fingerprint density at radius 3 is 1.92 bits per heavy atom. The van der Waals surface area contributed by atoms with Crippen LogP contribution in [0.5, 0.6) is 0 Å². The summed E-state index contributed by atoms with van der Waals surface area (Å²) >= 11 is 5.09. The van der Waals surface area contributed by atoms with Crippen LogP contribution in [-0.2, 0) is 18.8 Å². The molecule has 0 atom stereocenters. The predicted molar refractivity (Wildman–Crippen MR) is 48.1 cm³/mol. The van der Waals surface area contributed by atoms with Crippen molar-refractivity contribution in [3.63, 3.8) is 0 Å². The monoisotopic (exact) mass is 210 g/mol. The van der Waals surface area contributed by atoms with Crippen molar-refractivity contribution < 1.29 is 18.8 Å². The SMILES string of the molecule is C=COC(C)=O.CC(=O)O[SiH2]Cl. The van der Waals surface area contributed by atoms with Gasteiger partial charge in [-0.2, -0.15) is 0 Å². The van der Waals surface area contributed by atoms with Gasteiger partial charge in [0, 0.05) is 13.8 Å². The van der Waals surface area contributed by atoms with Gasteiger partial charge >= 0.3 is 15.0 Å². The first-order chi connectivity index (χ1) is 5.54. The molecule has 0 saturated heterocycles. The number of carbonyl (C=O) groups excluding carboxylic acids is 2. The fourth-order valence-corrected chi connectivity index (χ4v) is 0.809. The lowest BCUT2D eigenvalue weighted by molar-refractivity contribution is -0.135. The van der Waals surface area contributed by atoms with Crippen molar-refractivity contribution in [3.05, 3.63) is 12.8 Å². The number of esters is 1. The minimum absolute atomic E-state index is 0.281. The van der Waals surface area contributed by atoms with Gasteiger partial charge in [-0.25, -0.2) is 0 Å². The van der Waals surface area contributed by atoms with Crippen LogP contribution in [-0.4, -0.2) is 21.0 Å². The van der Waals surface area contributed by atoms with Crippen LogP contribution in [0, 0.1) is 0 Å². The van der Waals surface area contributed by atoms with Gasteiger partial charge in [0.1, 0.15) is 0 Å². The van der Waals surface area contributed by atoms with Gasteiger partial charge in [-0.15, -0.1) is 11.1 Å². The first-order valence-electron chi connectivity index (χ1n) is 3.02. The Kier molecular flexibility index (Phi) is 11.7. The smallest absolute Gasteiger partial charge is 0.320 e. The number of hydrogen-bond donors (Lipinski definition) is 0. The average Bonchev–Trinajstić information content (AvgIpc) is 1.87. The molecule has 6 heteroatoms. The molecule has 0 aliphatic heterocycles. The average molecular weight is 211 g/mol. The summed E-state index contributed by atoms with van der Waals surface area (Å²) in [7, 11) is -1.01. The van der Waals surface area contributed by atoms with Gasteiger partial charge < -0.3 is 9.16 Å². The Bertz CT molecular complexity index is 160. The van der Waals surface area contributed by atoms with E-state index in [1.807, 2.05) is 0 Å². The summed E-state index contributed by atoms with van der Waals surface area (Å²) in [4.78, 5) is 19.5. The fraction of sp³-hybridized carbons (Fsp3) is 0.333. The molecule has 12 heavy (non-hydrogen) atoms. The van der Waals surface area contributed by atoms with Gasteiger partial charge in [0.05, 0.1) is 6.26 Å². The Labute approximate surface area is 78.1 Å². The molecule has 0 radical (unpaired) electrons. The summed E-state index contributed by atoms with van der Waals surface area (Å²) < 4.78 is 8.47. The first-order valence-corrected chi connectivity index (χ1v) is 5.73. The van der Waals surface area contributed by atoms with Crippen molar-refractivity contribution in [2.75, 3.05) is 0 Å². The van der Waals surface area contributed by atoms with E-state index in [4.69, 9.17) is 11.1 Å². The van der Waals surface area contributed by atoms with Crippen molar-refractivity contribution >= 4 is 32.1 Å². The van der Waals surface area contributed by atoms with Crippen LogP contribution in [0.15, 0.2) is 12.8 Å². The zero-order valence-corrected chi connectivity index (χ0v) is 9.17. The second-order valence-electron chi connectivity index (χ2n) is 1.52. The van der Waals surface area contributed by atoms with E-state index < -0.39 is 9.07 Å². The molecular formula is C6H11ClO4Si. The number of ether oxygens (including phenoxy) is 1. The van der Waals surface area contributed by atoms with E-state index in [-0.39, 0.29) is 11.9 Å². The molecule has 0 amide bonds. The molecule has 0 aromatic heterocycles. The molecule has 0 spiro atoms. The van der Waals surface area contributed by atoms with Crippen molar-refractivity contribution in [3.8, 4) is 0 Å². The molecule has 0 aromatic rings. The highest BCUT2D eigenvalue weighted by Gasteiger charge is 1.83. The minimum atomic E-state index is -1.01. The fourth-order valence-electron chi connectivity index (χ4n) is 0.194. The maximum atomic E-state index is 9.77. The highest BCUT2D eigenvalue weighted by atomic mass is 35.6. The molecule has 70 valence electrons. The lowest BCUT2D eigenvalue weighted by Gasteiger charge is -1.87. The summed E-state index contributed by atoms with van der Waals surface area (Å²) in [6.07, 6.45) is 1.10. The molecule has 0 rings (SSSR count). The number of rotatable bonds is 2. The Hall–Kier alpha value is -0.813. The maximum absolute atomic E-state index is 9.77. The third-order valence-electron chi connectivity index (χ3n) is 0.507.